The summed E-state index contributed by atoms with van der Waals surface area (Å²) in [6, 6.07) is 5.58. The summed E-state index contributed by atoms with van der Waals surface area (Å²) in [5, 5.41) is 5.27. The van der Waals surface area contributed by atoms with Gasteiger partial charge in [0.2, 0.25) is 17.7 Å². The molecule has 7 nitrogen and oxygen atoms in total. The number of nitrogen functional groups attached to an aromatic ring is 1. The highest BCUT2D eigenvalue weighted by atomic mass is 35.5. The molecule has 4 N–H and O–H groups in total. The fourth-order valence-electron chi connectivity index (χ4n) is 2.79. The van der Waals surface area contributed by atoms with Crippen molar-refractivity contribution in [3.05, 3.63) is 23.8 Å². The van der Waals surface area contributed by atoms with Gasteiger partial charge in [0.05, 0.1) is 0 Å². The maximum Gasteiger partial charge on any atom is 0.227 e. The Hall–Kier alpha value is -2.28. The predicted octanol–water partition coefficient (Wildman–Crippen LogP) is 1.00. The van der Waals surface area contributed by atoms with E-state index in [9.17, 15) is 14.4 Å². The molecule has 0 atom stereocenters. The van der Waals surface area contributed by atoms with Gasteiger partial charge in [-0.1, -0.05) is 6.07 Å². The molecule has 0 aliphatic carbocycles. The van der Waals surface area contributed by atoms with Crippen LogP contribution in [0, 0.1) is 0 Å². The van der Waals surface area contributed by atoms with E-state index in [4.69, 9.17) is 5.73 Å². The summed E-state index contributed by atoms with van der Waals surface area (Å²) in [6.07, 6.45) is 2.03. The van der Waals surface area contributed by atoms with Gasteiger partial charge in [0.25, 0.3) is 0 Å². The Morgan fingerprint density at radius 2 is 1.88 bits per heavy atom. The lowest BCUT2D eigenvalue weighted by Crippen LogP contribution is -2.37. The molecule has 1 aromatic carbocycles. The number of amides is 3. The average Bonchev–Trinajstić information content (AvgIpc) is 2.56. The minimum Gasteiger partial charge on any atom is -0.398 e. The second-order valence-corrected chi connectivity index (χ2v) is 5.83. The highest BCUT2D eigenvalue weighted by Gasteiger charge is 2.23. The van der Waals surface area contributed by atoms with Crippen LogP contribution >= 0.6 is 12.4 Å². The fraction of sp³-hybridized carbons (Fsp3) is 0.471. The maximum absolute atomic E-state index is 12.4. The number of hydrogen-bond acceptors (Lipinski definition) is 4. The van der Waals surface area contributed by atoms with E-state index < -0.39 is 0 Å². The molecule has 138 valence electrons. The Morgan fingerprint density at radius 1 is 1.16 bits per heavy atom. The summed E-state index contributed by atoms with van der Waals surface area (Å²) >= 11 is 0. The van der Waals surface area contributed by atoms with Crippen LogP contribution in [-0.4, -0.2) is 37.4 Å². The molecular weight excluding hydrogens is 344 g/mol. The van der Waals surface area contributed by atoms with E-state index in [0.717, 1.165) is 24.1 Å². The van der Waals surface area contributed by atoms with Crippen molar-refractivity contribution in [1.82, 2.24) is 10.6 Å². The molecule has 0 spiro atoms. The third-order valence-corrected chi connectivity index (χ3v) is 3.97. The first-order chi connectivity index (χ1) is 11.5. The Balaban J connectivity index is 0.00000312. The first-order valence-electron chi connectivity index (χ1n) is 8.18. The van der Waals surface area contributed by atoms with Crippen molar-refractivity contribution in [3.63, 3.8) is 0 Å². The number of nitrogens with one attached hydrogen (secondary N) is 2. The van der Waals surface area contributed by atoms with Crippen molar-refractivity contribution in [1.29, 1.82) is 0 Å². The summed E-state index contributed by atoms with van der Waals surface area (Å²) in [7, 11) is 0. The molecule has 0 radical (unpaired) electrons. The normalized spacial score (nSPS) is 12.6. The molecule has 0 saturated carbocycles. The average molecular weight is 369 g/mol. The topological polar surface area (TPSA) is 105 Å². The summed E-state index contributed by atoms with van der Waals surface area (Å²) in [4.78, 5) is 36.6. The predicted molar refractivity (Wildman–Crippen MR) is 99.7 cm³/mol. The lowest BCUT2D eigenvalue weighted by molar-refractivity contribution is -0.125. The first-order valence-corrected chi connectivity index (χ1v) is 8.18. The number of nitrogens with two attached hydrogens (primary N) is 1. The maximum atomic E-state index is 12.4. The molecule has 0 saturated heterocycles. The Labute approximate surface area is 153 Å². The fourth-order valence-corrected chi connectivity index (χ4v) is 2.79. The first kappa shape index (κ1) is 20.8. The summed E-state index contributed by atoms with van der Waals surface area (Å²) in [6.45, 7) is 2.81. The van der Waals surface area contributed by atoms with E-state index in [1.807, 2.05) is 18.2 Å². The summed E-state index contributed by atoms with van der Waals surface area (Å²) < 4.78 is 0. The van der Waals surface area contributed by atoms with Gasteiger partial charge < -0.3 is 21.3 Å². The highest BCUT2D eigenvalue weighted by molar-refractivity contribution is 5.97. The lowest BCUT2D eigenvalue weighted by Gasteiger charge is -2.30. The van der Waals surface area contributed by atoms with E-state index >= 15 is 0 Å². The summed E-state index contributed by atoms with van der Waals surface area (Å²) in [5.41, 5.74) is 8.56. The van der Waals surface area contributed by atoms with Gasteiger partial charge in [-0.05, 0) is 30.5 Å². The molecule has 2 rings (SSSR count). The van der Waals surface area contributed by atoms with Crippen LogP contribution in [0.4, 0.5) is 11.4 Å². The molecule has 0 aromatic heterocycles. The Bertz CT molecular complexity index is 636. The minimum absolute atomic E-state index is 0. The molecule has 1 aromatic rings. The number of benzene rings is 1. The number of hydrogen-bond donors (Lipinski definition) is 3. The van der Waals surface area contributed by atoms with Gasteiger partial charge in [0, 0.05) is 50.8 Å². The van der Waals surface area contributed by atoms with Gasteiger partial charge >= 0.3 is 0 Å². The van der Waals surface area contributed by atoms with Gasteiger partial charge in [0.1, 0.15) is 0 Å². The Morgan fingerprint density at radius 3 is 2.60 bits per heavy atom. The molecule has 8 heteroatoms. The highest BCUT2D eigenvalue weighted by Crippen LogP contribution is 2.31. The monoisotopic (exact) mass is 368 g/mol. The van der Waals surface area contributed by atoms with Gasteiger partial charge in [-0.15, -0.1) is 12.4 Å². The molecule has 1 aliphatic rings. The molecule has 1 aliphatic heterocycles. The zero-order chi connectivity index (χ0) is 17.5. The lowest BCUT2D eigenvalue weighted by atomic mass is 9.99. The zero-order valence-electron chi connectivity index (χ0n) is 14.3. The van der Waals surface area contributed by atoms with Crippen molar-refractivity contribution in [2.24, 2.45) is 0 Å². The summed E-state index contributed by atoms with van der Waals surface area (Å²) in [5.74, 6) is -0.403. The molecular formula is C17H25ClN4O3. The second-order valence-electron chi connectivity index (χ2n) is 5.83. The SMILES string of the molecule is CC(=O)NCCNC(=O)CCC(=O)N1CCCc2c(N)cccc21.Cl. The van der Waals surface area contributed by atoms with Crippen LogP contribution in [0.1, 0.15) is 31.7 Å². The third kappa shape index (κ3) is 5.94. The second kappa shape index (κ2) is 9.88. The van der Waals surface area contributed by atoms with Crippen LogP contribution in [0.25, 0.3) is 0 Å². The molecule has 0 bridgehead atoms. The number of halogens is 1. The van der Waals surface area contributed by atoms with E-state index in [2.05, 4.69) is 10.6 Å². The van der Waals surface area contributed by atoms with E-state index in [-0.39, 0.29) is 43.0 Å². The number of anilines is 2. The minimum atomic E-state index is -0.196. The van der Waals surface area contributed by atoms with Crippen molar-refractivity contribution >= 4 is 41.5 Å². The molecule has 1 heterocycles. The van der Waals surface area contributed by atoms with Crippen molar-refractivity contribution in [2.45, 2.75) is 32.6 Å². The zero-order valence-corrected chi connectivity index (χ0v) is 15.2. The van der Waals surface area contributed by atoms with E-state index in [0.29, 0.717) is 25.3 Å². The molecule has 0 unspecified atom stereocenters. The molecule has 3 amide bonds. The van der Waals surface area contributed by atoms with Gasteiger partial charge in [-0.25, -0.2) is 0 Å². The largest absolute Gasteiger partial charge is 0.398 e. The van der Waals surface area contributed by atoms with Crippen LogP contribution in [0.3, 0.4) is 0 Å². The third-order valence-electron chi connectivity index (χ3n) is 3.97. The van der Waals surface area contributed by atoms with Crippen LogP contribution in [-0.2, 0) is 20.8 Å². The molecule has 25 heavy (non-hydrogen) atoms. The van der Waals surface area contributed by atoms with Gasteiger partial charge in [0.15, 0.2) is 0 Å². The van der Waals surface area contributed by atoms with Crippen LogP contribution in [0.2, 0.25) is 0 Å². The van der Waals surface area contributed by atoms with E-state index in [1.54, 1.807) is 4.90 Å². The van der Waals surface area contributed by atoms with Crippen LogP contribution < -0.4 is 21.3 Å². The smallest absolute Gasteiger partial charge is 0.227 e. The van der Waals surface area contributed by atoms with Crippen molar-refractivity contribution in [2.75, 3.05) is 30.3 Å². The van der Waals surface area contributed by atoms with Gasteiger partial charge in [-0.2, -0.15) is 0 Å². The number of fused-ring (bicyclic) bond motifs is 1. The van der Waals surface area contributed by atoms with Crippen molar-refractivity contribution < 1.29 is 14.4 Å². The van der Waals surface area contributed by atoms with Crippen LogP contribution in [0.5, 0.6) is 0 Å². The number of nitrogens with zero attached hydrogens (tertiary/aromatic N) is 1. The van der Waals surface area contributed by atoms with Crippen molar-refractivity contribution in [3.8, 4) is 0 Å². The molecule has 0 fully saturated rings. The number of rotatable bonds is 6. The quantitative estimate of drug-likeness (QED) is 0.514. The van der Waals surface area contributed by atoms with Crippen LogP contribution in [0.15, 0.2) is 18.2 Å². The van der Waals surface area contributed by atoms with E-state index in [1.165, 1.54) is 6.92 Å². The Kier molecular flexibility index (Phi) is 8.21. The number of carbonyl (C=O) groups excluding carboxylic acids is 3. The van der Waals surface area contributed by atoms with Gasteiger partial charge in [-0.3, -0.25) is 14.4 Å². The standard InChI is InChI=1S/C17H24N4O3.ClH/c1-12(22)19-9-10-20-16(23)7-8-17(24)21-11-3-4-13-14(18)5-2-6-15(13)21;/h2,5-6H,3-4,7-11,18H2,1H3,(H,19,22)(H,20,23);1H. The number of carbonyl (C=O) groups is 3.